The van der Waals surface area contributed by atoms with Crippen LogP contribution >= 0.6 is 0 Å². The molecule has 1 fully saturated rings. The van der Waals surface area contributed by atoms with Crippen LogP contribution in [0.1, 0.15) is 97.3 Å². The highest BCUT2D eigenvalue weighted by atomic mass is 16.5. The number of esters is 2. The van der Waals surface area contributed by atoms with Gasteiger partial charge in [-0.05, 0) is 25.7 Å². The lowest BCUT2D eigenvalue weighted by atomic mass is 9.79. The predicted octanol–water partition coefficient (Wildman–Crippen LogP) is 5.43. The van der Waals surface area contributed by atoms with Crippen LogP contribution in [0, 0.1) is 11.8 Å². The van der Waals surface area contributed by atoms with Crippen LogP contribution in [0.25, 0.3) is 0 Å². The number of carbonyl (C=O) groups is 2. The molecule has 0 spiro atoms. The van der Waals surface area contributed by atoms with Gasteiger partial charge in [0.15, 0.2) is 0 Å². The molecule has 0 heterocycles. The second-order valence-electron chi connectivity index (χ2n) is 7.31. The standard InChI is InChI=1S/C21H38O4/c1-3-5-6-7-8-9-10-13-17-25-21(23)19-15-12-11-14-18(19)20(22)24-16-4-2/h18-19H,3-17H2,1-2H3. The highest BCUT2D eigenvalue weighted by molar-refractivity contribution is 5.82. The summed E-state index contributed by atoms with van der Waals surface area (Å²) in [4.78, 5) is 24.5. The second-order valence-corrected chi connectivity index (χ2v) is 7.31. The lowest BCUT2D eigenvalue weighted by molar-refractivity contribution is -0.163. The van der Waals surface area contributed by atoms with E-state index in [4.69, 9.17) is 9.47 Å². The van der Waals surface area contributed by atoms with Gasteiger partial charge in [0.1, 0.15) is 0 Å². The Labute approximate surface area is 154 Å². The average molecular weight is 355 g/mol. The number of unbranched alkanes of at least 4 members (excludes halogenated alkanes) is 7. The number of hydrogen-bond acceptors (Lipinski definition) is 4. The fourth-order valence-corrected chi connectivity index (χ4v) is 3.52. The third-order valence-electron chi connectivity index (χ3n) is 5.06. The zero-order valence-corrected chi connectivity index (χ0v) is 16.4. The maximum absolute atomic E-state index is 12.4. The molecule has 1 saturated carbocycles. The Morgan fingerprint density at radius 1 is 0.680 bits per heavy atom. The minimum Gasteiger partial charge on any atom is -0.465 e. The van der Waals surface area contributed by atoms with Gasteiger partial charge in [-0.15, -0.1) is 0 Å². The first-order valence-electron chi connectivity index (χ1n) is 10.5. The molecule has 0 aromatic rings. The van der Waals surface area contributed by atoms with Crippen molar-refractivity contribution in [2.75, 3.05) is 13.2 Å². The zero-order chi connectivity index (χ0) is 18.3. The van der Waals surface area contributed by atoms with Gasteiger partial charge >= 0.3 is 11.9 Å². The number of hydrogen-bond donors (Lipinski definition) is 0. The molecule has 0 aliphatic heterocycles. The SMILES string of the molecule is CCCCCCCCCCOC(=O)C1CCCCC1C(=O)OCCC. The highest BCUT2D eigenvalue weighted by Crippen LogP contribution is 2.32. The molecule has 25 heavy (non-hydrogen) atoms. The van der Waals surface area contributed by atoms with Gasteiger partial charge in [-0.25, -0.2) is 0 Å². The van der Waals surface area contributed by atoms with E-state index in [9.17, 15) is 9.59 Å². The van der Waals surface area contributed by atoms with Crippen molar-refractivity contribution in [3.05, 3.63) is 0 Å². The van der Waals surface area contributed by atoms with E-state index in [0.717, 1.165) is 44.9 Å². The van der Waals surface area contributed by atoms with Crippen molar-refractivity contribution in [3.63, 3.8) is 0 Å². The largest absolute Gasteiger partial charge is 0.465 e. The fourth-order valence-electron chi connectivity index (χ4n) is 3.52. The first-order chi connectivity index (χ1) is 12.2. The summed E-state index contributed by atoms with van der Waals surface area (Å²) in [6, 6.07) is 0. The topological polar surface area (TPSA) is 52.6 Å². The van der Waals surface area contributed by atoms with Crippen LogP contribution < -0.4 is 0 Å². The predicted molar refractivity (Wildman–Crippen MR) is 100 cm³/mol. The molecule has 146 valence electrons. The molecule has 0 radical (unpaired) electrons. The molecule has 0 aromatic heterocycles. The molecule has 1 rings (SSSR count). The zero-order valence-electron chi connectivity index (χ0n) is 16.4. The molecule has 1 aliphatic rings. The van der Waals surface area contributed by atoms with Crippen molar-refractivity contribution in [1.29, 1.82) is 0 Å². The van der Waals surface area contributed by atoms with Crippen molar-refractivity contribution < 1.29 is 19.1 Å². The van der Waals surface area contributed by atoms with E-state index < -0.39 is 0 Å². The molecular weight excluding hydrogens is 316 g/mol. The van der Waals surface area contributed by atoms with Gasteiger partial charge in [0.2, 0.25) is 0 Å². The number of ether oxygens (including phenoxy) is 2. The first-order valence-corrected chi connectivity index (χ1v) is 10.5. The molecule has 0 amide bonds. The van der Waals surface area contributed by atoms with E-state index in [1.165, 1.54) is 38.5 Å². The van der Waals surface area contributed by atoms with Crippen LogP contribution in [0.15, 0.2) is 0 Å². The lowest BCUT2D eigenvalue weighted by Gasteiger charge is -2.28. The van der Waals surface area contributed by atoms with Gasteiger partial charge in [0.05, 0.1) is 25.0 Å². The smallest absolute Gasteiger partial charge is 0.309 e. The Morgan fingerprint density at radius 3 is 1.68 bits per heavy atom. The summed E-state index contributed by atoms with van der Waals surface area (Å²) in [7, 11) is 0. The molecule has 0 N–H and O–H groups in total. The van der Waals surface area contributed by atoms with Crippen molar-refractivity contribution in [2.24, 2.45) is 11.8 Å². The molecule has 0 saturated heterocycles. The van der Waals surface area contributed by atoms with Crippen LogP contribution in [0.5, 0.6) is 0 Å². The van der Waals surface area contributed by atoms with Crippen LogP contribution in [0.3, 0.4) is 0 Å². The molecule has 0 aromatic carbocycles. The molecule has 0 bridgehead atoms. The minimum atomic E-state index is -0.300. The molecule has 1 aliphatic carbocycles. The van der Waals surface area contributed by atoms with Crippen LogP contribution in [0.4, 0.5) is 0 Å². The Balaban J connectivity index is 2.19. The number of rotatable bonds is 13. The van der Waals surface area contributed by atoms with Gasteiger partial charge in [0, 0.05) is 0 Å². The molecule has 2 unspecified atom stereocenters. The van der Waals surface area contributed by atoms with Crippen molar-refractivity contribution in [1.82, 2.24) is 0 Å². The minimum absolute atomic E-state index is 0.193. The van der Waals surface area contributed by atoms with Gasteiger partial charge in [-0.2, -0.15) is 0 Å². The third kappa shape index (κ3) is 9.27. The van der Waals surface area contributed by atoms with Gasteiger partial charge in [-0.1, -0.05) is 71.6 Å². The first kappa shape index (κ1) is 22.0. The van der Waals surface area contributed by atoms with E-state index in [0.29, 0.717) is 13.2 Å². The Bertz CT molecular complexity index is 367. The maximum Gasteiger partial charge on any atom is 0.309 e. The van der Waals surface area contributed by atoms with Crippen LogP contribution in [-0.2, 0) is 19.1 Å². The summed E-state index contributed by atoms with van der Waals surface area (Å²) >= 11 is 0. The Hall–Kier alpha value is -1.06. The summed E-state index contributed by atoms with van der Waals surface area (Å²) < 4.78 is 10.7. The summed E-state index contributed by atoms with van der Waals surface area (Å²) in [5.41, 5.74) is 0. The van der Waals surface area contributed by atoms with E-state index >= 15 is 0 Å². The van der Waals surface area contributed by atoms with Crippen molar-refractivity contribution in [2.45, 2.75) is 97.3 Å². The monoisotopic (exact) mass is 354 g/mol. The van der Waals surface area contributed by atoms with E-state index in [-0.39, 0.29) is 23.8 Å². The van der Waals surface area contributed by atoms with Gasteiger partial charge in [-0.3, -0.25) is 9.59 Å². The van der Waals surface area contributed by atoms with E-state index in [1.807, 2.05) is 6.92 Å². The summed E-state index contributed by atoms with van der Waals surface area (Å²) in [5.74, 6) is -1.00. The molecule has 2 atom stereocenters. The summed E-state index contributed by atoms with van der Waals surface area (Å²) in [6.45, 7) is 5.13. The molecule has 4 nitrogen and oxygen atoms in total. The van der Waals surface area contributed by atoms with Gasteiger partial charge in [0.25, 0.3) is 0 Å². The molecular formula is C21H38O4. The van der Waals surface area contributed by atoms with Crippen LogP contribution in [0.2, 0.25) is 0 Å². The summed E-state index contributed by atoms with van der Waals surface area (Å²) in [5, 5.41) is 0. The average Bonchev–Trinajstić information content (AvgIpc) is 2.64. The Morgan fingerprint density at radius 2 is 1.16 bits per heavy atom. The normalized spacial score (nSPS) is 20.2. The lowest BCUT2D eigenvalue weighted by Crippen LogP contribution is -2.35. The summed E-state index contributed by atoms with van der Waals surface area (Å²) in [6.07, 6.45) is 14.1. The molecule has 4 heteroatoms. The quantitative estimate of drug-likeness (QED) is 0.327. The van der Waals surface area contributed by atoms with Crippen LogP contribution in [-0.4, -0.2) is 25.2 Å². The fraction of sp³-hybridized carbons (Fsp3) is 0.905. The van der Waals surface area contributed by atoms with E-state index in [1.54, 1.807) is 0 Å². The third-order valence-corrected chi connectivity index (χ3v) is 5.06. The second kappa shape index (κ2) is 14.1. The van der Waals surface area contributed by atoms with Gasteiger partial charge < -0.3 is 9.47 Å². The Kier molecular flexibility index (Phi) is 12.4. The van der Waals surface area contributed by atoms with E-state index in [2.05, 4.69) is 6.92 Å². The highest BCUT2D eigenvalue weighted by Gasteiger charge is 2.37. The number of carbonyl (C=O) groups excluding carboxylic acids is 2. The van der Waals surface area contributed by atoms with Crippen molar-refractivity contribution in [3.8, 4) is 0 Å². The maximum atomic E-state index is 12.4. The van der Waals surface area contributed by atoms with Crippen molar-refractivity contribution >= 4 is 11.9 Å².